The molecule has 0 radical (unpaired) electrons. The highest BCUT2D eigenvalue weighted by molar-refractivity contribution is 7.51. The molecule has 0 rings (SSSR count). The van der Waals surface area contributed by atoms with Crippen LogP contribution in [0.5, 0.6) is 0 Å². The summed E-state index contributed by atoms with van der Waals surface area (Å²) in [4.78, 5) is 10.7. The number of alkyl halides is 2. The van der Waals surface area contributed by atoms with Gasteiger partial charge in [0.2, 0.25) is 0 Å². The molecule has 0 aliphatic heterocycles. The number of rotatable bonds is 5. The highest BCUT2D eigenvalue weighted by Gasteiger charge is 2.05. The van der Waals surface area contributed by atoms with Gasteiger partial charge in [-0.25, -0.2) is 0 Å². The van der Waals surface area contributed by atoms with Crippen molar-refractivity contribution in [1.29, 1.82) is 0 Å². The van der Waals surface area contributed by atoms with Gasteiger partial charge in [0.05, 0.1) is 6.61 Å². The summed E-state index contributed by atoms with van der Waals surface area (Å²) in [6.07, 6.45) is -0.133. The standard InChI is InChI=1S/C4H9Cl2O3P/c5-1-3-9-10(7,8)4-2-6/h1-4H2,(H,7,8)/p-1. The lowest BCUT2D eigenvalue weighted by molar-refractivity contribution is -0.197. The molecule has 0 aromatic heterocycles. The Morgan fingerprint density at radius 2 is 2.00 bits per heavy atom. The second-order valence-electron chi connectivity index (χ2n) is 1.55. The lowest BCUT2D eigenvalue weighted by Gasteiger charge is -2.21. The molecule has 0 aromatic rings. The van der Waals surface area contributed by atoms with Crippen molar-refractivity contribution in [1.82, 2.24) is 0 Å². The number of hydrogen-bond donors (Lipinski definition) is 0. The molecule has 0 N–H and O–H groups in total. The first-order valence-electron chi connectivity index (χ1n) is 2.69. The highest BCUT2D eigenvalue weighted by Crippen LogP contribution is 2.36. The molecule has 0 heterocycles. The van der Waals surface area contributed by atoms with Crippen molar-refractivity contribution in [2.45, 2.75) is 0 Å². The van der Waals surface area contributed by atoms with Crippen molar-refractivity contribution in [2.75, 3.05) is 24.5 Å². The van der Waals surface area contributed by atoms with E-state index in [2.05, 4.69) is 4.52 Å². The third kappa shape index (κ3) is 5.51. The zero-order valence-electron chi connectivity index (χ0n) is 5.26. The van der Waals surface area contributed by atoms with Crippen molar-refractivity contribution < 1.29 is 14.0 Å². The summed E-state index contributed by atoms with van der Waals surface area (Å²) in [5, 5.41) is 0. The van der Waals surface area contributed by atoms with Crippen molar-refractivity contribution in [3.63, 3.8) is 0 Å². The van der Waals surface area contributed by atoms with Crippen molar-refractivity contribution >= 4 is 30.8 Å². The van der Waals surface area contributed by atoms with Crippen LogP contribution in [0.15, 0.2) is 0 Å². The van der Waals surface area contributed by atoms with E-state index >= 15 is 0 Å². The lowest BCUT2D eigenvalue weighted by atomic mass is 10.9. The van der Waals surface area contributed by atoms with Gasteiger partial charge in [-0.1, -0.05) is 0 Å². The van der Waals surface area contributed by atoms with Crippen LogP contribution >= 0.6 is 30.8 Å². The van der Waals surface area contributed by atoms with Crippen LogP contribution in [0, 0.1) is 0 Å². The molecule has 0 saturated carbocycles. The minimum Gasteiger partial charge on any atom is -0.778 e. The Labute approximate surface area is 69.8 Å². The van der Waals surface area contributed by atoms with E-state index in [1.54, 1.807) is 0 Å². The Morgan fingerprint density at radius 3 is 2.40 bits per heavy atom. The maximum Gasteiger partial charge on any atom is 0.136 e. The normalized spacial score (nSPS) is 16.7. The van der Waals surface area contributed by atoms with E-state index in [-0.39, 0.29) is 24.5 Å². The third-order valence-corrected chi connectivity index (χ3v) is 2.68. The Hall–Kier alpha value is 0.730. The molecule has 6 heteroatoms. The fraction of sp³-hybridized carbons (Fsp3) is 1.00. The smallest absolute Gasteiger partial charge is 0.136 e. The Bertz CT molecular complexity index is 130. The molecule has 1 atom stereocenters. The first-order valence-corrected chi connectivity index (χ1v) is 5.48. The molecular formula is C4H8Cl2O3P-. The number of hydrogen-bond acceptors (Lipinski definition) is 3. The van der Waals surface area contributed by atoms with Gasteiger partial charge < -0.3 is 14.0 Å². The van der Waals surface area contributed by atoms with E-state index < -0.39 is 7.60 Å². The molecule has 0 spiro atoms. The van der Waals surface area contributed by atoms with Gasteiger partial charge in [0.1, 0.15) is 7.60 Å². The van der Waals surface area contributed by atoms with Crippen LogP contribution in [-0.4, -0.2) is 24.5 Å². The molecule has 1 unspecified atom stereocenters. The van der Waals surface area contributed by atoms with Crippen LogP contribution in [0.1, 0.15) is 0 Å². The molecular weight excluding hydrogens is 198 g/mol. The van der Waals surface area contributed by atoms with E-state index in [9.17, 15) is 9.46 Å². The fourth-order valence-electron chi connectivity index (χ4n) is 0.342. The first kappa shape index (κ1) is 10.7. The lowest BCUT2D eigenvalue weighted by Crippen LogP contribution is -2.10. The first-order chi connectivity index (χ1) is 4.62. The summed E-state index contributed by atoms with van der Waals surface area (Å²) in [7, 11) is -3.68. The average Bonchev–Trinajstić information content (AvgIpc) is 1.84. The Morgan fingerprint density at radius 1 is 1.40 bits per heavy atom. The van der Waals surface area contributed by atoms with E-state index in [4.69, 9.17) is 23.2 Å². The second kappa shape index (κ2) is 5.39. The van der Waals surface area contributed by atoms with Crippen LogP contribution in [0.2, 0.25) is 0 Å². The van der Waals surface area contributed by atoms with Gasteiger partial charge >= 0.3 is 0 Å². The molecule has 0 aliphatic carbocycles. The van der Waals surface area contributed by atoms with Crippen LogP contribution < -0.4 is 4.89 Å². The van der Waals surface area contributed by atoms with Gasteiger partial charge in [0.15, 0.2) is 0 Å². The van der Waals surface area contributed by atoms with Gasteiger partial charge in [-0.05, 0) is 0 Å². The maximum absolute atomic E-state index is 10.7. The molecule has 10 heavy (non-hydrogen) atoms. The summed E-state index contributed by atoms with van der Waals surface area (Å²) < 4.78 is 15.1. The van der Waals surface area contributed by atoms with E-state index in [0.717, 1.165) is 0 Å². The van der Waals surface area contributed by atoms with E-state index in [0.29, 0.717) is 0 Å². The van der Waals surface area contributed by atoms with Crippen molar-refractivity contribution in [2.24, 2.45) is 0 Å². The van der Waals surface area contributed by atoms with Crippen LogP contribution in [0.3, 0.4) is 0 Å². The highest BCUT2D eigenvalue weighted by atomic mass is 35.5. The summed E-state index contributed by atoms with van der Waals surface area (Å²) in [6, 6.07) is 0. The van der Waals surface area contributed by atoms with Gasteiger partial charge in [-0.2, -0.15) is 0 Å². The summed E-state index contributed by atoms with van der Waals surface area (Å²) in [5.41, 5.74) is 0. The minimum absolute atomic E-state index is 0.0270. The van der Waals surface area contributed by atoms with E-state index in [1.165, 1.54) is 0 Å². The molecule has 62 valence electrons. The van der Waals surface area contributed by atoms with Crippen molar-refractivity contribution in [3.8, 4) is 0 Å². The van der Waals surface area contributed by atoms with Gasteiger partial charge in [-0.3, -0.25) is 0 Å². The molecule has 0 aromatic carbocycles. The molecule has 0 fully saturated rings. The molecule has 0 aliphatic rings. The van der Waals surface area contributed by atoms with Crippen molar-refractivity contribution in [3.05, 3.63) is 0 Å². The Kier molecular flexibility index (Phi) is 5.78. The zero-order chi connectivity index (χ0) is 8.04. The van der Waals surface area contributed by atoms with Crippen LogP contribution in [0.25, 0.3) is 0 Å². The second-order valence-corrected chi connectivity index (χ2v) is 4.23. The largest absolute Gasteiger partial charge is 0.778 e. The molecule has 0 amide bonds. The number of halogens is 2. The van der Waals surface area contributed by atoms with Crippen LogP contribution in [-0.2, 0) is 9.09 Å². The Balaban J connectivity index is 3.53. The quantitative estimate of drug-likeness (QED) is 0.498. The average molecular weight is 206 g/mol. The topological polar surface area (TPSA) is 49.4 Å². The summed E-state index contributed by atoms with van der Waals surface area (Å²) >= 11 is 10.4. The maximum atomic E-state index is 10.7. The van der Waals surface area contributed by atoms with Gasteiger partial charge in [0, 0.05) is 17.9 Å². The fourth-order valence-corrected chi connectivity index (χ4v) is 1.85. The predicted octanol–water partition coefficient (Wildman–Crippen LogP) is 1.03. The monoisotopic (exact) mass is 205 g/mol. The minimum atomic E-state index is -3.68. The van der Waals surface area contributed by atoms with Gasteiger partial charge in [0.25, 0.3) is 0 Å². The zero-order valence-corrected chi connectivity index (χ0v) is 7.66. The SMILES string of the molecule is O=P([O-])(CCCl)OCCCl. The van der Waals surface area contributed by atoms with Gasteiger partial charge in [-0.15, -0.1) is 23.2 Å². The summed E-state index contributed by atoms with van der Waals surface area (Å²) in [5.74, 6) is 0.234. The molecule has 3 nitrogen and oxygen atoms in total. The molecule has 0 bridgehead atoms. The van der Waals surface area contributed by atoms with E-state index in [1.807, 2.05) is 0 Å². The summed E-state index contributed by atoms with van der Waals surface area (Å²) in [6.45, 7) is 0.0270. The third-order valence-electron chi connectivity index (χ3n) is 0.724. The van der Waals surface area contributed by atoms with Crippen LogP contribution in [0.4, 0.5) is 0 Å². The predicted molar refractivity (Wildman–Crippen MR) is 39.9 cm³/mol. The molecule has 0 saturated heterocycles.